The van der Waals surface area contributed by atoms with Crippen LogP contribution in [0.2, 0.25) is 0 Å². The quantitative estimate of drug-likeness (QED) is 0.122. The topological polar surface area (TPSA) is 124 Å². The number of imidazole rings is 4. The molecule has 11 rings (SSSR count). The fourth-order valence-corrected chi connectivity index (χ4v) is 8.24. The van der Waals surface area contributed by atoms with Gasteiger partial charge in [0.25, 0.3) is 0 Å². The van der Waals surface area contributed by atoms with E-state index in [0.717, 1.165) is 118 Å². The molecule has 0 aliphatic carbocycles. The van der Waals surface area contributed by atoms with Crippen molar-refractivity contribution in [1.29, 1.82) is 0 Å². The Morgan fingerprint density at radius 3 is 1.39 bits per heavy atom. The minimum absolute atomic E-state index is 0.376. The van der Waals surface area contributed by atoms with E-state index in [1.54, 1.807) is 0 Å². The highest BCUT2D eigenvalue weighted by atomic mass is 16.5. The SMILES string of the molecule is Cc1nc2ccc(-c3ccc4nc(-c5ccc(Oc6ccc(C(C)(C)c7nc8ccc(-c9ccc%10nc(-c%11ccc(C)c(C)c%11)[nH]c%10c9)cc8[nH]7)cc6)cc5)[nH]c4c3)cc2[nH]1. The van der Waals surface area contributed by atoms with E-state index >= 15 is 0 Å². The van der Waals surface area contributed by atoms with Crippen molar-refractivity contribution < 1.29 is 4.74 Å². The maximum atomic E-state index is 6.29. The first-order chi connectivity index (χ1) is 29.6. The number of nitrogens with one attached hydrogen (secondary N) is 4. The molecule has 9 nitrogen and oxygen atoms in total. The molecular formula is C52H42N8O. The number of H-pyrrole nitrogens is 4. The molecule has 11 aromatic rings. The predicted molar refractivity (Wildman–Crippen MR) is 246 cm³/mol. The Morgan fingerprint density at radius 1 is 0.393 bits per heavy atom. The van der Waals surface area contributed by atoms with Gasteiger partial charge in [-0.15, -0.1) is 0 Å². The molecule has 4 N–H and O–H groups in total. The number of nitrogens with zero attached hydrogens (tertiary/aromatic N) is 4. The molecule has 9 heteroatoms. The number of fused-ring (bicyclic) bond motifs is 4. The van der Waals surface area contributed by atoms with Crippen molar-refractivity contribution in [3.05, 3.63) is 168 Å². The molecular weight excluding hydrogens is 753 g/mol. The molecule has 61 heavy (non-hydrogen) atoms. The van der Waals surface area contributed by atoms with Gasteiger partial charge < -0.3 is 24.7 Å². The molecule has 0 amide bonds. The third kappa shape index (κ3) is 6.60. The van der Waals surface area contributed by atoms with E-state index < -0.39 is 0 Å². The molecule has 0 spiro atoms. The average Bonchev–Trinajstić information content (AvgIpc) is 4.08. The third-order valence-corrected chi connectivity index (χ3v) is 12.0. The van der Waals surface area contributed by atoms with Crippen molar-refractivity contribution >= 4 is 44.1 Å². The fourth-order valence-electron chi connectivity index (χ4n) is 8.24. The molecule has 296 valence electrons. The van der Waals surface area contributed by atoms with Crippen LogP contribution < -0.4 is 4.74 Å². The fraction of sp³-hybridized carbons (Fsp3) is 0.115. The maximum absolute atomic E-state index is 6.29. The van der Waals surface area contributed by atoms with Gasteiger partial charge in [0.1, 0.15) is 34.8 Å². The number of rotatable bonds is 8. The molecule has 0 aliphatic rings. The first-order valence-electron chi connectivity index (χ1n) is 20.5. The van der Waals surface area contributed by atoms with E-state index in [1.807, 2.05) is 43.3 Å². The zero-order valence-electron chi connectivity index (χ0n) is 34.5. The normalized spacial score (nSPS) is 12.0. The Kier molecular flexibility index (Phi) is 8.28. The summed E-state index contributed by atoms with van der Waals surface area (Å²) in [5.74, 6) is 5.01. The molecule has 0 bridgehead atoms. The van der Waals surface area contributed by atoms with Crippen molar-refractivity contribution in [2.24, 2.45) is 0 Å². The van der Waals surface area contributed by atoms with E-state index in [0.29, 0.717) is 0 Å². The number of hydrogen-bond acceptors (Lipinski definition) is 5. The Morgan fingerprint density at radius 2 is 0.836 bits per heavy atom. The van der Waals surface area contributed by atoms with E-state index in [1.165, 1.54) is 11.1 Å². The van der Waals surface area contributed by atoms with Crippen LogP contribution in [0, 0.1) is 20.8 Å². The van der Waals surface area contributed by atoms with Crippen molar-refractivity contribution in [2.45, 2.75) is 40.0 Å². The lowest BCUT2D eigenvalue weighted by Crippen LogP contribution is -2.20. The number of ether oxygens (including phenoxy) is 1. The molecule has 0 atom stereocenters. The zero-order valence-corrected chi connectivity index (χ0v) is 34.5. The van der Waals surface area contributed by atoms with Gasteiger partial charge in [-0.3, -0.25) is 0 Å². The largest absolute Gasteiger partial charge is 0.457 e. The maximum Gasteiger partial charge on any atom is 0.138 e. The van der Waals surface area contributed by atoms with E-state index in [9.17, 15) is 0 Å². The molecule has 0 aliphatic heterocycles. The van der Waals surface area contributed by atoms with Gasteiger partial charge >= 0.3 is 0 Å². The highest BCUT2D eigenvalue weighted by molar-refractivity contribution is 5.89. The van der Waals surface area contributed by atoms with Crippen LogP contribution in [0.4, 0.5) is 0 Å². The van der Waals surface area contributed by atoms with Crippen LogP contribution >= 0.6 is 0 Å². The minimum atomic E-state index is -0.376. The molecule has 7 aromatic carbocycles. The Labute approximate surface area is 352 Å². The van der Waals surface area contributed by atoms with Gasteiger partial charge in [0, 0.05) is 16.5 Å². The number of aryl methyl sites for hydroxylation is 3. The molecule has 4 heterocycles. The van der Waals surface area contributed by atoms with Gasteiger partial charge in [-0.05, 0) is 165 Å². The predicted octanol–water partition coefficient (Wildman–Crippen LogP) is 12.9. The summed E-state index contributed by atoms with van der Waals surface area (Å²) in [7, 11) is 0. The Bertz CT molecular complexity index is 3460. The third-order valence-electron chi connectivity index (χ3n) is 12.0. The first-order valence-corrected chi connectivity index (χ1v) is 20.5. The second kappa shape index (κ2) is 13.9. The van der Waals surface area contributed by atoms with Gasteiger partial charge in [-0.2, -0.15) is 0 Å². The molecule has 0 saturated heterocycles. The van der Waals surface area contributed by atoms with Crippen LogP contribution in [0.3, 0.4) is 0 Å². The van der Waals surface area contributed by atoms with Gasteiger partial charge in [0.05, 0.1) is 44.1 Å². The van der Waals surface area contributed by atoms with Crippen molar-refractivity contribution in [1.82, 2.24) is 39.9 Å². The van der Waals surface area contributed by atoms with Crippen molar-refractivity contribution in [3.63, 3.8) is 0 Å². The molecule has 4 aromatic heterocycles. The van der Waals surface area contributed by atoms with Crippen LogP contribution in [0.15, 0.2) is 140 Å². The monoisotopic (exact) mass is 794 g/mol. The number of aromatic amines is 4. The molecule has 0 saturated carbocycles. The minimum Gasteiger partial charge on any atom is -0.457 e. The van der Waals surface area contributed by atoms with Crippen LogP contribution in [0.1, 0.15) is 42.2 Å². The lowest BCUT2D eigenvalue weighted by Gasteiger charge is -2.23. The number of hydrogen-bond donors (Lipinski definition) is 4. The van der Waals surface area contributed by atoms with Crippen LogP contribution in [-0.2, 0) is 5.41 Å². The second-order valence-corrected chi connectivity index (χ2v) is 16.6. The lowest BCUT2D eigenvalue weighted by molar-refractivity contribution is 0.481. The number of benzene rings is 7. The average molecular weight is 795 g/mol. The second-order valence-electron chi connectivity index (χ2n) is 16.6. The van der Waals surface area contributed by atoms with E-state index in [-0.39, 0.29) is 5.41 Å². The van der Waals surface area contributed by atoms with Crippen LogP contribution in [0.25, 0.3) is 89.2 Å². The summed E-state index contributed by atoms with van der Waals surface area (Å²) in [5, 5.41) is 0. The summed E-state index contributed by atoms with van der Waals surface area (Å²) in [5.41, 5.74) is 17.6. The summed E-state index contributed by atoms with van der Waals surface area (Å²) < 4.78 is 6.29. The summed E-state index contributed by atoms with van der Waals surface area (Å²) in [6.07, 6.45) is 0. The van der Waals surface area contributed by atoms with Gasteiger partial charge in [0.2, 0.25) is 0 Å². The highest BCUT2D eigenvalue weighted by Crippen LogP contribution is 2.35. The standard InChI is InChI=1S/C52H42N8O/c1-29-6-7-37(24-30(29)2)50-56-43-22-12-35(27-47(43)58-50)36-13-23-44-48(28-36)60-51(59-44)52(4,5)38-14-18-40(19-15-38)61-39-16-8-32(9-17-39)49-55-42-21-11-34(26-46(42)57-49)33-10-20-41-45(25-33)54-31(3)53-41/h6-28H,1-5H3,(H,53,54)(H,55,57)(H,56,58)(H,59,60). The Hall–Kier alpha value is -7.78. The molecule has 0 fully saturated rings. The van der Waals surface area contributed by atoms with Gasteiger partial charge in [-0.1, -0.05) is 48.5 Å². The summed E-state index contributed by atoms with van der Waals surface area (Å²) in [6, 6.07) is 48.2. The van der Waals surface area contributed by atoms with Gasteiger partial charge in [0.15, 0.2) is 0 Å². The zero-order chi connectivity index (χ0) is 41.4. The summed E-state index contributed by atoms with van der Waals surface area (Å²) in [6.45, 7) is 10.6. The van der Waals surface area contributed by atoms with Crippen molar-refractivity contribution in [3.8, 4) is 56.5 Å². The Balaban J connectivity index is 0.777. The van der Waals surface area contributed by atoms with Crippen LogP contribution in [0.5, 0.6) is 11.5 Å². The molecule has 0 radical (unpaired) electrons. The smallest absolute Gasteiger partial charge is 0.138 e. The van der Waals surface area contributed by atoms with Gasteiger partial charge in [-0.25, -0.2) is 19.9 Å². The highest BCUT2D eigenvalue weighted by Gasteiger charge is 2.27. The van der Waals surface area contributed by atoms with E-state index in [4.69, 9.17) is 19.7 Å². The number of aromatic nitrogens is 8. The van der Waals surface area contributed by atoms with Crippen molar-refractivity contribution in [2.75, 3.05) is 0 Å². The van der Waals surface area contributed by atoms with Crippen LogP contribution in [-0.4, -0.2) is 39.9 Å². The first kappa shape index (κ1) is 36.3. The van der Waals surface area contributed by atoms with E-state index in [2.05, 4.69) is 156 Å². The summed E-state index contributed by atoms with van der Waals surface area (Å²) >= 11 is 0. The lowest BCUT2D eigenvalue weighted by atomic mass is 9.84. The molecule has 0 unspecified atom stereocenters. The summed E-state index contributed by atoms with van der Waals surface area (Å²) in [4.78, 5) is 33.4.